The van der Waals surface area contributed by atoms with Crippen LogP contribution in [0.15, 0.2) is 18.2 Å². The Morgan fingerprint density at radius 2 is 2.31 bits per heavy atom. The first kappa shape index (κ1) is 12.4. The average molecular weight is 228 g/mol. The minimum Gasteiger partial charge on any atom is -0.394 e. The molecule has 1 aromatic carbocycles. The summed E-state index contributed by atoms with van der Waals surface area (Å²) < 4.78 is 13.4. The maximum Gasteiger partial charge on any atom is 0.272 e. The maximum atomic E-state index is 13.4. The van der Waals surface area contributed by atoms with Gasteiger partial charge in [0.05, 0.1) is 23.3 Å². The minimum absolute atomic E-state index is 0.118. The van der Waals surface area contributed by atoms with E-state index in [4.69, 9.17) is 5.11 Å². The Balaban J connectivity index is 2.86. The van der Waals surface area contributed by atoms with Crippen LogP contribution in [0.5, 0.6) is 0 Å². The number of hydrogen-bond donors (Lipinski definition) is 2. The fourth-order valence-electron chi connectivity index (χ4n) is 1.23. The Morgan fingerprint density at radius 1 is 1.62 bits per heavy atom. The van der Waals surface area contributed by atoms with Gasteiger partial charge in [0.15, 0.2) is 5.82 Å². The first-order chi connectivity index (χ1) is 7.58. The van der Waals surface area contributed by atoms with Crippen LogP contribution in [0.1, 0.15) is 13.3 Å². The maximum absolute atomic E-state index is 13.4. The van der Waals surface area contributed by atoms with Gasteiger partial charge < -0.3 is 10.4 Å². The summed E-state index contributed by atoms with van der Waals surface area (Å²) in [6.07, 6.45) is 0.632. The molecule has 1 unspecified atom stereocenters. The monoisotopic (exact) mass is 228 g/mol. The van der Waals surface area contributed by atoms with Crippen molar-refractivity contribution in [1.82, 2.24) is 0 Å². The second kappa shape index (κ2) is 5.41. The highest BCUT2D eigenvalue weighted by atomic mass is 19.1. The van der Waals surface area contributed by atoms with Gasteiger partial charge in [0, 0.05) is 12.1 Å². The lowest BCUT2D eigenvalue weighted by molar-refractivity contribution is -0.385. The third kappa shape index (κ3) is 2.90. The number of rotatable bonds is 5. The number of nitro benzene ring substituents is 1. The van der Waals surface area contributed by atoms with Gasteiger partial charge in [-0.05, 0) is 12.5 Å². The molecule has 0 amide bonds. The fraction of sp³-hybridized carbons (Fsp3) is 0.400. The second-order valence-electron chi connectivity index (χ2n) is 3.35. The number of benzene rings is 1. The Morgan fingerprint density at radius 3 is 2.75 bits per heavy atom. The zero-order valence-corrected chi connectivity index (χ0v) is 8.81. The van der Waals surface area contributed by atoms with Crippen LogP contribution in [0, 0.1) is 15.9 Å². The number of nitrogens with one attached hydrogen (secondary N) is 1. The van der Waals surface area contributed by atoms with Crippen molar-refractivity contribution in [3.05, 3.63) is 34.1 Å². The molecule has 0 saturated heterocycles. The van der Waals surface area contributed by atoms with Gasteiger partial charge in [-0.1, -0.05) is 6.92 Å². The van der Waals surface area contributed by atoms with E-state index in [0.717, 1.165) is 6.07 Å². The van der Waals surface area contributed by atoms with Crippen LogP contribution in [0.4, 0.5) is 15.8 Å². The molecule has 0 fully saturated rings. The standard InChI is InChI=1S/C10H13FN2O3/c1-2-7(6-14)12-10-4-3-8(13(15)16)5-9(10)11/h3-5,7,12,14H,2,6H2,1H3. The first-order valence-corrected chi connectivity index (χ1v) is 4.89. The molecular formula is C10H13FN2O3. The summed E-state index contributed by atoms with van der Waals surface area (Å²) in [5.41, 5.74) is -0.133. The lowest BCUT2D eigenvalue weighted by Crippen LogP contribution is -2.23. The van der Waals surface area contributed by atoms with E-state index in [2.05, 4.69) is 5.32 Å². The number of halogens is 1. The molecule has 0 spiro atoms. The third-order valence-corrected chi connectivity index (χ3v) is 2.24. The van der Waals surface area contributed by atoms with Crippen molar-refractivity contribution in [2.24, 2.45) is 0 Å². The summed E-state index contributed by atoms with van der Waals surface area (Å²) in [6, 6.07) is 3.12. The molecule has 0 radical (unpaired) electrons. The molecule has 0 aromatic heterocycles. The van der Waals surface area contributed by atoms with Gasteiger partial charge in [0.1, 0.15) is 0 Å². The number of non-ortho nitro benzene ring substituents is 1. The highest BCUT2D eigenvalue weighted by Gasteiger charge is 2.12. The zero-order chi connectivity index (χ0) is 12.1. The van der Waals surface area contributed by atoms with Crippen molar-refractivity contribution in [1.29, 1.82) is 0 Å². The van der Waals surface area contributed by atoms with E-state index in [1.807, 2.05) is 6.92 Å². The molecule has 0 saturated carbocycles. The number of nitrogens with zero attached hydrogens (tertiary/aromatic N) is 1. The molecule has 1 rings (SSSR count). The molecule has 5 nitrogen and oxygen atoms in total. The quantitative estimate of drug-likeness (QED) is 0.596. The molecule has 0 aliphatic carbocycles. The van der Waals surface area contributed by atoms with E-state index in [0.29, 0.717) is 6.42 Å². The molecular weight excluding hydrogens is 215 g/mol. The van der Waals surface area contributed by atoms with E-state index in [1.165, 1.54) is 12.1 Å². The second-order valence-corrected chi connectivity index (χ2v) is 3.35. The molecule has 88 valence electrons. The van der Waals surface area contributed by atoms with Crippen molar-refractivity contribution in [2.75, 3.05) is 11.9 Å². The lowest BCUT2D eigenvalue weighted by atomic mass is 10.2. The van der Waals surface area contributed by atoms with Gasteiger partial charge in [-0.3, -0.25) is 10.1 Å². The van der Waals surface area contributed by atoms with Crippen LogP contribution in [0.3, 0.4) is 0 Å². The van der Waals surface area contributed by atoms with E-state index in [1.54, 1.807) is 0 Å². The average Bonchev–Trinajstić information content (AvgIpc) is 2.27. The van der Waals surface area contributed by atoms with Gasteiger partial charge in [-0.25, -0.2) is 4.39 Å². The fourth-order valence-corrected chi connectivity index (χ4v) is 1.23. The number of nitro groups is 1. The van der Waals surface area contributed by atoms with Gasteiger partial charge >= 0.3 is 0 Å². The molecule has 16 heavy (non-hydrogen) atoms. The largest absolute Gasteiger partial charge is 0.394 e. The Hall–Kier alpha value is -1.69. The first-order valence-electron chi connectivity index (χ1n) is 4.89. The summed E-state index contributed by atoms with van der Waals surface area (Å²) >= 11 is 0. The van der Waals surface area contributed by atoms with Crippen LogP contribution in [0.2, 0.25) is 0 Å². The molecule has 0 aliphatic rings. The lowest BCUT2D eigenvalue weighted by Gasteiger charge is -2.15. The van der Waals surface area contributed by atoms with Crippen LogP contribution in [-0.2, 0) is 0 Å². The van der Waals surface area contributed by atoms with E-state index < -0.39 is 10.7 Å². The topological polar surface area (TPSA) is 75.4 Å². The molecule has 6 heteroatoms. The number of aliphatic hydroxyl groups is 1. The highest BCUT2D eigenvalue weighted by molar-refractivity contribution is 5.50. The van der Waals surface area contributed by atoms with Gasteiger partial charge in [-0.15, -0.1) is 0 Å². The smallest absolute Gasteiger partial charge is 0.272 e. The summed E-state index contributed by atoms with van der Waals surface area (Å²) in [4.78, 5) is 9.72. The molecule has 1 atom stereocenters. The summed E-state index contributed by atoms with van der Waals surface area (Å²) in [5, 5.41) is 22.1. The predicted molar refractivity (Wildman–Crippen MR) is 57.8 cm³/mol. The van der Waals surface area contributed by atoms with Crippen LogP contribution >= 0.6 is 0 Å². The molecule has 0 heterocycles. The number of aliphatic hydroxyl groups excluding tert-OH is 1. The Kier molecular flexibility index (Phi) is 4.19. The van der Waals surface area contributed by atoms with Crippen molar-refractivity contribution < 1.29 is 14.4 Å². The predicted octanol–water partition coefficient (Wildman–Crippen LogP) is 1.92. The highest BCUT2D eigenvalue weighted by Crippen LogP contribution is 2.21. The van der Waals surface area contributed by atoms with Crippen LogP contribution in [-0.4, -0.2) is 22.7 Å². The van der Waals surface area contributed by atoms with Crippen molar-refractivity contribution in [3.63, 3.8) is 0 Å². The van der Waals surface area contributed by atoms with Crippen LogP contribution < -0.4 is 5.32 Å². The van der Waals surface area contributed by atoms with E-state index in [9.17, 15) is 14.5 Å². The molecule has 2 N–H and O–H groups in total. The molecule has 1 aromatic rings. The summed E-state index contributed by atoms with van der Waals surface area (Å²) in [5.74, 6) is -0.693. The Labute approximate surface area is 92.1 Å². The van der Waals surface area contributed by atoms with Gasteiger partial charge in [0.25, 0.3) is 5.69 Å². The normalized spacial score (nSPS) is 12.2. The number of anilines is 1. The van der Waals surface area contributed by atoms with E-state index >= 15 is 0 Å². The van der Waals surface area contributed by atoms with Gasteiger partial charge in [-0.2, -0.15) is 0 Å². The SMILES string of the molecule is CCC(CO)Nc1ccc([N+](=O)[O-])cc1F. The number of hydrogen-bond acceptors (Lipinski definition) is 4. The van der Waals surface area contributed by atoms with Crippen molar-refractivity contribution >= 4 is 11.4 Å². The van der Waals surface area contributed by atoms with Crippen LogP contribution in [0.25, 0.3) is 0 Å². The molecule has 0 aliphatic heterocycles. The van der Waals surface area contributed by atoms with Crippen molar-refractivity contribution in [2.45, 2.75) is 19.4 Å². The zero-order valence-electron chi connectivity index (χ0n) is 8.81. The van der Waals surface area contributed by atoms with Gasteiger partial charge in [0.2, 0.25) is 0 Å². The molecule has 0 bridgehead atoms. The van der Waals surface area contributed by atoms with E-state index in [-0.39, 0.29) is 24.0 Å². The van der Waals surface area contributed by atoms with Crippen molar-refractivity contribution in [3.8, 4) is 0 Å². The summed E-state index contributed by atoms with van der Waals surface area (Å²) in [6.45, 7) is 1.73. The third-order valence-electron chi connectivity index (χ3n) is 2.24. The minimum atomic E-state index is -0.693. The summed E-state index contributed by atoms with van der Waals surface area (Å²) in [7, 11) is 0. The Bertz CT molecular complexity index is 380.